The fourth-order valence-electron chi connectivity index (χ4n) is 4.61. The van der Waals surface area contributed by atoms with Crippen LogP contribution >= 0.6 is 0 Å². The molecule has 0 bridgehead atoms. The fraction of sp³-hybridized carbons (Fsp3) is 0.375. The summed E-state index contributed by atoms with van der Waals surface area (Å²) >= 11 is 0. The van der Waals surface area contributed by atoms with Crippen LogP contribution in [0.1, 0.15) is 42.5 Å². The number of carbonyl (C=O) groups excluding carboxylic acids is 1. The number of pyridine rings is 2. The van der Waals surface area contributed by atoms with E-state index in [1.165, 1.54) is 12.7 Å². The van der Waals surface area contributed by atoms with Gasteiger partial charge in [-0.25, -0.2) is 4.98 Å². The second-order valence-corrected chi connectivity index (χ2v) is 7.60. The molecule has 2 aromatic heterocycles. The predicted octanol–water partition coefficient (Wildman–Crippen LogP) is 3.58. The van der Waals surface area contributed by atoms with Crippen molar-refractivity contribution < 1.29 is 14.3 Å². The lowest BCUT2D eigenvalue weighted by atomic mass is 9.88. The van der Waals surface area contributed by atoms with Crippen molar-refractivity contribution in [3.05, 3.63) is 62.9 Å². The Morgan fingerprint density at radius 2 is 1.97 bits per heavy atom. The first-order chi connectivity index (χ1) is 14.5. The lowest BCUT2D eigenvalue weighted by Crippen LogP contribution is -2.36. The fourth-order valence-corrected chi connectivity index (χ4v) is 4.61. The van der Waals surface area contributed by atoms with Gasteiger partial charge in [-0.2, -0.15) is 0 Å². The van der Waals surface area contributed by atoms with E-state index in [2.05, 4.69) is 13.0 Å². The lowest BCUT2D eigenvalue weighted by molar-refractivity contribution is -0.129. The summed E-state index contributed by atoms with van der Waals surface area (Å²) in [6, 6.07) is 9.94. The van der Waals surface area contributed by atoms with Gasteiger partial charge in [-0.3, -0.25) is 9.59 Å². The second-order valence-electron chi connectivity index (χ2n) is 7.60. The highest BCUT2D eigenvalue weighted by molar-refractivity contribution is 5.88. The number of benzene rings is 1. The molecule has 6 heteroatoms. The van der Waals surface area contributed by atoms with E-state index in [4.69, 9.17) is 14.5 Å². The van der Waals surface area contributed by atoms with Crippen molar-refractivity contribution in [3.8, 4) is 11.4 Å². The molecule has 0 aliphatic carbocycles. The molecule has 156 valence electrons. The minimum Gasteiger partial charge on any atom is -0.380 e. The quantitative estimate of drug-likeness (QED) is 0.439. The van der Waals surface area contributed by atoms with Gasteiger partial charge in [0.2, 0.25) is 0 Å². The monoisotopic (exact) mass is 406 g/mol. The van der Waals surface area contributed by atoms with Crippen LogP contribution in [0.4, 0.5) is 0 Å². The molecule has 3 heterocycles. The molecule has 30 heavy (non-hydrogen) atoms. The Morgan fingerprint density at radius 1 is 1.20 bits per heavy atom. The SMILES string of the molecule is CCc1c2c(nc3ccccc13)-c1cc(C(C=O)(CC)OC)c(COC)c(=O)n1C2. The molecular formula is C24H26N2O4. The van der Waals surface area contributed by atoms with Crippen LogP contribution in [0.3, 0.4) is 0 Å². The average Bonchev–Trinajstić information content (AvgIpc) is 3.14. The van der Waals surface area contributed by atoms with E-state index in [0.717, 1.165) is 40.6 Å². The van der Waals surface area contributed by atoms with Gasteiger partial charge in [0, 0.05) is 36.3 Å². The van der Waals surface area contributed by atoms with Gasteiger partial charge in [-0.05, 0) is 30.5 Å². The number of rotatable bonds is 7. The van der Waals surface area contributed by atoms with E-state index in [-0.39, 0.29) is 12.2 Å². The molecule has 1 unspecified atom stereocenters. The van der Waals surface area contributed by atoms with E-state index < -0.39 is 5.60 Å². The summed E-state index contributed by atoms with van der Waals surface area (Å²) in [6.07, 6.45) is 2.03. The molecule has 6 nitrogen and oxygen atoms in total. The molecule has 3 aromatic rings. The number of ether oxygens (including phenoxy) is 2. The molecule has 0 saturated heterocycles. The highest BCUT2D eigenvalue weighted by Gasteiger charge is 2.37. The zero-order chi connectivity index (χ0) is 21.5. The summed E-state index contributed by atoms with van der Waals surface area (Å²) in [5, 5.41) is 1.12. The Labute approximate surface area is 175 Å². The van der Waals surface area contributed by atoms with Crippen LogP contribution in [0.25, 0.3) is 22.3 Å². The number of hydrogen-bond acceptors (Lipinski definition) is 5. The smallest absolute Gasteiger partial charge is 0.257 e. The molecule has 0 N–H and O–H groups in total. The number of carbonyl (C=O) groups is 1. The largest absolute Gasteiger partial charge is 0.380 e. The van der Waals surface area contributed by atoms with Crippen LogP contribution in [-0.2, 0) is 39.4 Å². The van der Waals surface area contributed by atoms with Crippen LogP contribution in [0.15, 0.2) is 35.1 Å². The van der Waals surface area contributed by atoms with Gasteiger partial charge in [0.25, 0.3) is 5.56 Å². The van der Waals surface area contributed by atoms with Crippen LogP contribution < -0.4 is 5.56 Å². The zero-order valence-electron chi connectivity index (χ0n) is 17.8. The Morgan fingerprint density at radius 3 is 2.60 bits per heavy atom. The van der Waals surface area contributed by atoms with Crippen LogP contribution in [0.2, 0.25) is 0 Å². The average molecular weight is 406 g/mol. The summed E-state index contributed by atoms with van der Waals surface area (Å²) in [5.41, 5.74) is 4.36. The predicted molar refractivity (Wildman–Crippen MR) is 116 cm³/mol. The molecule has 0 fully saturated rings. The van der Waals surface area contributed by atoms with Crippen molar-refractivity contribution >= 4 is 17.2 Å². The van der Waals surface area contributed by atoms with Crippen LogP contribution in [-0.4, -0.2) is 30.1 Å². The maximum atomic E-state index is 13.5. The maximum absolute atomic E-state index is 13.5. The van der Waals surface area contributed by atoms with Crippen LogP contribution in [0.5, 0.6) is 0 Å². The normalized spacial score (nSPS) is 14.4. The topological polar surface area (TPSA) is 70.4 Å². The van der Waals surface area contributed by atoms with Crippen LogP contribution in [0, 0.1) is 0 Å². The summed E-state index contributed by atoms with van der Waals surface area (Å²) in [6.45, 7) is 4.57. The first kappa shape index (κ1) is 20.4. The van der Waals surface area contributed by atoms with Gasteiger partial charge in [0.05, 0.1) is 30.1 Å². The Balaban J connectivity index is 2.07. The van der Waals surface area contributed by atoms with Gasteiger partial charge >= 0.3 is 0 Å². The Hall–Kier alpha value is -2.83. The number of aromatic nitrogens is 2. The summed E-state index contributed by atoms with van der Waals surface area (Å²) in [4.78, 5) is 30.5. The van der Waals surface area contributed by atoms with E-state index >= 15 is 0 Å². The number of nitrogens with zero attached hydrogens (tertiary/aromatic N) is 2. The molecule has 1 aromatic carbocycles. The highest BCUT2D eigenvalue weighted by Crippen LogP contribution is 2.38. The minimum atomic E-state index is -1.20. The van der Waals surface area contributed by atoms with Gasteiger partial charge in [0.1, 0.15) is 5.60 Å². The summed E-state index contributed by atoms with van der Waals surface area (Å²) in [7, 11) is 3.04. The molecule has 4 rings (SSSR count). The first-order valence-electron chi connectivity index (χ1n) is 10.2. The van der Waals surface area contributed by atoms with E-state index in [1.54, 1.807) is 11.7 Å². The van der Waals surface area contributed by atoms with Gasteiger partial charge in [-0.15, -0.1) is 0 Å². The summed E-state index contributed by atoms with van der Waals surface area (Å²) in [5.74, 6) is 0. The van der Waals surface area contributed by atoms with E-state index in [1.807, 2.05) is 31.2 Å². The number of aldehydes is 1. The lowest BCUT2D eigenvalue weighted by Gasteiger charge is -2.28. The third-order valence-electron chi connectivity index (χ3n) is 6.25. The van der Waals surface area contributed by atoms with Gasteiger partial charge < -0.3 is 14.0 Å². The van der Waals surface area contributed by atoms with Crippen molar-refractivity contribution in [2.45, 2.75) is 45.4 Å². The molecule has 0 amide bonds. The number of aryl methyl sites for hydroxylation is 1. The number of para-hydroxylation sites is 1. The third-order valence-corrected chi connectivity index (χ3v) is 6.25. The van der Waals surface area contributed by atoms with Crippen molar-refractivity contribution in [1.29, 1.82) is 0 Å². The maximum Gasteiger partial charge on any atom is 0.257 e. The highest BCUT2D eigenvalue weighted by atomic mass is 16.5. The van der Waals surface area contributed by atoms with Crippen molar-refractivity contribution in [2.24, 2.45) is 0 Å². The molecule has 0 radical (unpaired) electrons. The van der Waals surface area contributed by atoms with Gasteiger partial charge in [0.15, 0.2) is 6.29 Å². The van der Waals surface area contributed by atoms with E-state index in [0.29, 0.717) is 24.1 Å². The number of fused-ring (bicyclic) bond motifs is 4. The number of methoxy groups -OCH3 is 2. The molecule has 0 spiro atoms. The molecule has 1 aliphatic rings. The Bertz CT molecular complexity index is 1190. The van der Waals surface area contributed by atoms with E-state index in [9.17, 15) is 9.59 Å². The number of hydrogen-bond donors (Lipinski definition) is 0. The van der Waals surface area contributed by atoms with Crippen molar-refractivity contribution in [3.63, 3.8) is 0 Å². The minimum absolute atomic E-state index is 0.111. The van der Waals surface area contributed by atoms with Crippen molar-refractivity contribution in [1.82, 2.24) is 9.55 Å². The Kier molecular flexibility index (Phi) is 5.30. The molecular weight excluding hydrogens is 380 g/mol. The van der Waals surface area contributed by atoms with Gasteiger partial charge in [-0.1, -0.05) is 32.0 Å². The molecule has 1 atom stereocenters. The zero-order valence-corrected chi connectivity index (χ0v) is 17.8. The molecule has 0 saturated carbocycles. The third kappa shape index (κ3) is 2.82. The standard InChI is InChI=1S/C24H26N2O4/c1-5-15-16-9-7-8-10-20(16)25-22-17(15)12-26-21(22)11-19(18(13-29-3)23(26)28)24(6-2,14-27)30-4/h7-11,14H,5-6,12-13H2,1-4H3. The first-order valence-corrected chi connectivity index (χ1v) is 10.2. The van der Waals surface area contributed by atoms with Crippen molar-refractivity contribution in [2.75, 3.05) is 14.2 Å². The molecule has 1 aliphatic heterocycles. The summed E-state index contributed by atoms with van der Waals surface area (Å²) < 4.78 is 12.7. The second kappa shape index (κ2) is 7.78.